The molecule has 16 nitrogen and oxygen atoms in total. The first-order valence-corrected chi connectivity index (χ1v) is 94.6. The van der Waals surface area contributed by atoms with Crippen LogP contribution in [0.2, 0.25) is 0 Å². The Kier molecular flexibility index (Phi) is 45.3. The molecule has 4 aromatic heterocycles. The van der Waals surface area contributed by atoms with Crippen LogP contribution >= 0.6 is 293 Å². The first kappa shape index (κ1) is 101. The zero-order valence-electron chi connectivity index (χ0n) is 57.6. The number of aromatic nitrogens is 6. The predicted molar refractivity (Wildman–Crippen MR) is 564 cm³/mol. The van der Waals surface area contributed by atoms with Gasteiger partial charge >= 0.3 is 0 Å². The van der Waals surface area contributed by atoms with Crippen molar-refractivity contribution >= 4 is 352 Å². The molecule has 0 aliphatic carbocycles. The number of nitrogens with zero attached hydrogens (tertiary/aromatic N) is 9. The molecule has 0 saturated carbocycles. The number of hydrogen-bond donors (Lipinski definition) is 1. The summed E-state index contributed by atoms with van der Waals surface area (Å²) in [6, 6.07) is 29.9. The van der Waals surface area contributed by atoms with Crippen LogP contribution in [0.15, 0.2) is 124 Å². The molecular formula is C52H89BrClF2N10O6P33S2. The van der Waals surface area contributed by atoms with Crippen molar-refractivity contribution in [2.75, 3.05) is 80.4 Å². The van der Waals surface area contributed by atoms with Crippen molar-refractivity contribution in [3.63, 3.8) is 0 Å². The Morgan fingerprint density at radius 1 is 0.458 bits per heavy atom. The molecule has 2 fully saturated rings. The van der Waals surface area contributed by atoms with E-state index in [1.54, 1.807) is 60.7 Å². The van der Waals surface area contributed by atoms with Crippen molar-refractivity contribution in [3.05, 3.63) is 159 Å². The summed E-state index contributed by atoms with van der Waals surface area (Å²) in [5.41, 5.74) is 6.09. The molecule has 2 saturated heterocycles. The average molecular weight is 2190 g/mol. The summed E-state index contributed by atoms with van der Waals surface area (Å²) >= 11 is 3.25. The van der Waals surface area contributed by atoms with Crippen molar-refractivity contribution in [1.29, 1.82) is 0 Å². The molecule has 1 N–H and O–H groups in total. The minimum absolute atomic E-state index is 0. The molecule has 21 unspecified atom stereocenters. The Balaban J connectivity index is 0.000000188. The smallest absolute Gasteiger partial charge is 0.268 e. The van der Waals surface area contributed by atoms with Gasteiger partial charge in [0.2, 0.25) is 0 Å². The van der Waals surface area contributed by atoms with Gasteiger partial charge in [0.25, 0.3) is 20.0 Å². The molecule has 588 valence electrons. The topological polar surface area (TPSA) is 170 Å². The first-order chi connectivity index (χ1) is 50.3. The van der Waals surface area contributed by atoms with Gasteiger partial charge in [0, 0.05) is 92.9 Å². The Labute approximate surface area is 702 Å². The maximum atomic E-state index is 14.3. The van der Waals surface area contributed by atoms with Crippen molar-refractivity contribution in [3.8, 4) is 0 Å². The number of anilines is 3. The van der Waals surface area contributed by atoms with Crippen LogP contribution in [0.3, 0.4) is 0 Å². The molecule has 0 spiro atoms. The largest absolute Gasteiger partial charge is 0.378 e. The Morgan fingerprint density at radius 3 is 1.21 bits per heavy atom. The van der Waals surface area contributed by atoms with E-state index < -0.39 is 25.9 Å². The quantitative estimate of drug-likeness (QED) is 0.0636. The van der Waals surface area contributed by atoms with Crippen molar-refractivity contribution in [2.24, 2.45) is 0 Å². The minimum atomic E-state index is -3.86. The third-order valence-electron chi connectivity index (χ3n) is 16.1. The van der Waals surface area contributed by atoms with Crippen LogP contribution in [-0.4, -0.2) is 111 Å². The summed E-state index contributed by atoms with van der Waals surface area (Å²) in [5, 5.41) is 21.4. The number of ether oxygens (including phenoxy) is 2. The fourth-order valence-electron chi connectivity index (χ4n) is 11.4. The number of aryl methyl sites for hydroxylation is 2. The van der Waals surface area contributed by atoms with Crippen LogP contribution in [-0.2, 0) is 55.5 Å². The minimum Gasteiger partial charge on any atom is -0.378 e. The van der Waals surface area contributed by atoms with Crippen LogP contribution in [0.1, 0.15) is 33.6 Å². The molecule has 8 aromatic rings. The third kappa shape index (κ3) is 26.6. The van der Waals surface area contributed by atoms with E-state index in [9.17, 15) is 25.6 Å². The van der Waals surface area contributed by atoms with E-state index >= 15 is 0 Å². The molecular weight excluding hydrogens is 2100 g/mol. The average Bonchev–Trinajstić information content (AvgIpc) is 1.60. The first-order valence-electron chi connectivity index (χ1n) is 31.4. The van der Waals surface area contributed by atoms with Gasteiger partial charge in [-0.3, -0.25) is 0 Å². The number of hydrogen-bond acceptors (Lipinski definition) is 14. The number of rotatable bonds is 22. The lowest BCUT2D eigenvalue weighted by atomic mass is 10.0. The Morgan fingerprint density at radius 2 is 0.832 bits per heavy atom. The van der Waals surface area contributed by atoms with E-state index in [0.717, 1.165) is 91.5 Å². The van der Waals surface area contributed by atoms with Gasteiger partial charge in [-0.2, -0.15) is 0 Å². The van der Waals surface area contributed by atoms with E-state index in [-0.39, 0.29) is 133 Å². The maximum absolute atomic E-state index is 14.3. The van der Waals surface area contributed by atoms with Gasteiger partial charge in [-0.25, -0.2) is 33.6 Å². The predicted octanol–water partition coefficient (Wildman–Crippen LogP) is 27.0. The summed E-state index contributed by atoms with van der Waals surface area (Å²) in [4.78, 5) is 6.83. The third-order valence-corrected chi connectivity index (χ3v) is 240. The molecule has 4 aliphatic rings. The van der Waals surface area contributed by atoms with Gasteiger partial charge in [0.05, 0.1) is 47.3 Å². The van der Waals surface area contributed by atoms with E-state index in [2.05, 4.69) is 208 Å². The lowest BCUT2D eigenvalue weighted by Crippen LogP contribution is -2.37. The highest BCUT2D eigenvalue weighted by Gasteiger charge is 2.52. The molecule has 4 aliphatic heterocycles. The zero-order valence-corrected chi connectivity index (χ0v) is 95.7. The van der Waals surface area contributed by atoms with E-state index in [1.807, 2.05) is 38.1 Å². The fraction of sp³-hybridized carbons (Fsp3) is 0.308. The van der Waals surface area contributed by atoms with Crippen LogP contribution in [0.5, 0.6) is 0 Å². The second kappa shape index (κ2) is 48.2. The number of halogens is 4. The van der Waals surface area contributed by atoms with E-state index in [4.69, 9.17) is 9.47 Å². The summed E-state index contributed by atoms with van der Waals surface area (Å²) in [5.74, 6) is 1.67. The molecule has 0 bridgehead atoms. The summed E-state index contributed by atoms with van der Waals surface area (Å²) < 4.78 is 96.1. The second-order valence-corrected chi connectivity index (χ2v) is 159. The van der Waals surface area contributed by atoms with Crippen LogP contribution in [0.4, 0.5) is 26.2 Å². The molecule has 21 atom stereocenters. The lowest BCUT2D eigenvalue weighted by Gasteiger charge is -2.53. The second-order valence-electron chi connectivity index (χ2n) is 23.2. The van der Waals surface area contributed by atoms with Gasteiger partial charge in [-0.1, -0.05) is 43.4 Å². The highest BCUT2D eigenvalue weighted by atomic mass is 79.9. The molecule has 0 radical (unpaired) electrons. The molecule has 12 rings (SSSR count). The standard InChI is InChI=1S/C26H26FN5O3S.C18H17FN2O2S.C8H10BrN3O.ClH.H35P33/c1-18-2-5-20(6-3-18)36(33,34)32-23-7-4-19(27)16-21(23)22-17-31(11-10-24(22)32)26-9-8-25(28-29-26)30-12-14-35-15-13-30;1-12-2-5-14(6-3-12)24(22,23)21-17-7-4-13(19)10-15(17)16-11-20-9-8-18(16)21;9-7-1-2-8(11-10-7)12-3-5-13-6-4-12;;1-18-27(19(2)3)31(26(16)17)33(30(24(12)13)25(14)15)32(28(20(4)5)21(6)7)29(22(8)9)23(10)11/h2-9,16H,10-15,17H2,1H3;2-7,10,20H,8-9,11H2,1H3;1-2H,3-6H2;1H;18H,1-17H2. The fourth-order valence-corrected chi connectivity index (χ4v) is 455. The molecule has 8 heterocycles. The molecule has 0 amide bonds. The van der Waals surface area contributed by atoms with E-state index in [0.29, 0.717) is 85.6 Å². The summed E-state index contributed by atoms with van der Waals surface area (Å²) in [6.45, 7) is 12.0. The number of fused-ring (bicyclic) bond motifs is 6. The molecule has 55 heteroatoms. The summed E-state index contributed by atoms with van der Waals surface area (Å²) in [7, 11) is 49.9. The zero-order chi connectivity index (χ0) is 77.2. The van der Waals surface area contributed by atoms with Gasteiger partial charge < -0.3 is 29.5 Å². The number of benzene rings is 4. The van der Waals surface area contributed by atoms with Gasteiger partial charge in [0.1, 0.15) is 16.2 Å². The van der Waals surface area contributed by atoms with Crippen molar-refractivity contribution in [2.45, 2.75) is 49.6 Å². The van der Waals surface area contributed by atoms with Crippen molar-refractivity contribution in [1.82, 2.24) is 33.7 Å². The van der Waals surface area contributed by atoms with Gasteiger partial charge in [-0.15, -0.1) is 185 Å². The highest BCUT2D eigenvalue weighted by Crippen LogP contribution is 3.39. The monoisotopic (exact) mass is 2190 g/mol. The van der Waals surface area contributed by atoms with Gasteiger partial charge in [-0.05, 0) is 225 Å². The normalized spacial score (nSPS) is 16.2. The molecule has 107 heavy (non-hydrogen) atoms. The maximum Gasteiger partial charge on any atom is 0.268 e. The SMILES string of the molecule is Brc1ccc(N2CCOCC2)nn1.Cc1ccc(S(=O)(=O)n2c3c(c4cc(F)ccc42)CN(c2ccc(N4CCOCC4)nn2)CC3)cc1.Cc1ccc(S(=O)(=O)n2c3c(c4cc(F)ccc42)CNCC3)cc1.Cl.PPP(P(P)P)P(P(P)P)P(P(P(P)P)P(P)P)P(P(P(P)P)P(P)P)P(P(P)P)P(P)P. The summed E-state index contributed by atoms with van der Waals surface area (Å²) in [6.07, 6.45) is 1.07. The van der Waals surface area contributed by atoms with Crippen LogP contribution in [0, 0.1) is 25.5 Å². The van der Waals surface area contributed by atoms with Crippen molar-refractivity contribution < 1.29 is 35.1 Å². The van der Waals surface area contributed by atoms with Gasteiger partial charge in [0.15, 0.2) is 17.5 Å². The van der Waals surface area contributed by atoms with E-state index in [1.165, 1.54) is 32.2 Å². The number of nitrogens with one attached hydrogen (secondary N) is 1. The highest BCUT2D eigenvalue weighted by molar-refractivity contribution is 9.45. The lowest BCUT2D eigenvalue weighted by molar-refractivity contribution is 0.122. The Bertz CT molecular complexity index is 4410. The van der Waals surface area contributed by atoms with Crippen LogP contribution in [0.25, 0.3) is 21.8 Å². The Hall–Kier alpha value is 8.12. The molecule has 4 aromatic carbocycles. The van der Waals surface area contributed by atoms with Crippen LogP contribution < -0.4 is 20.0 Å². The number of morpholine rings is 2.